The maximum atomic E-state index is 11.6. The highest BCUT2D eigenvalue weighted by atomic mass is 32.2. The molecule has 0 aliphatic rings. The highest BCUT2D eigenvalue weighted by Crippen LogP contribution is 2.33. The number of hydrogen-bond donors (Lipinski definition) is 2. The van der Waals surface area contributed by atoms with Crippen molar-refractivity contribution in [3.63, 3.8) is 0 Å². The molecule has 6 nitrogen and oxygen atoms in total. The third kappa shape index (κ3) is 3.98. The Bertz CT molecular complexity index is 692. The van der Waals surface area contributed by atoms with Gasteiger partial charge in [0.05, 0.1) is 5.25 Å². The third-order valence-electron chi connectivity index (χ3n) is 2.81. The Balaban J connectivity index is 2.16. The molecule has 0 saturated carbocycles. The second-order valence-corrected chi connectivity index (χ2v) is 5.89. The zero-order chi connectivity index (χ0) is 15.4. The van der Waals surface area contributed by atoms with Gasteiger partial charge in [-0.3, -0.25) is 4.79 Å². The van der Waals surface area contributed by atoms with Crippen molar-refractivity contribution >= 4 is 17.7 Å². The minimum Gasteiger partial charge on any atom is -0.475 e. The minimum atomic E-state index is -1.10. The number of carboxylic acid groups (broad SMARTS) is 1. The zero-order valence-electron chi connectivity index (χ0n) is 11.8. The maximum Gasteiger partial charge on any atom is 0.371 e. The van der Waals surface area contributed by atoms with E-state index < -0.39 is 5.97 Å². The van der Waals surface area contributed by atoms with Crippen LogP contribution in [0, 0.1) is 0 Å². The Morgan fingerprint density at radius 3 is 2.90 bits per heavy atom. The van der Waals surface area contributed by atoms with Gasteiger partial charge in [0.2, 0.25) is 5.76 Å². The summed E-state index contributed by atoms with van der Waals surface area (Å²) in [7, 11) is 0. The lowest BCUT2D eigenvalue weighted by molar-refractivity contribution is 0.0660. The number of thioether (sulfide) groups is 1. The van der Waals surface area contributed by atoms with Crippen molar-refractivity contribution in [2.75, 3.05) is 0 Å². The molecular weight excluding hydrogens is 292 g/mol. The first-order valence-electron chi connectivity index (χ1n) is 6.59. The topological polar surface area (TPSA) is 96.2 Å². The van der Waals surface area contributed by atoms with Gasteiger partial charge in [0.25, 0.3) is 5.56 Å². The number of nitrogens with one attached hydrogen (secondary N) is 1. The van der Waals surface area contributed by atoms with Crippen molar-refractivity contribution in [2.24, 2.45) is 0 Å². The fourth-order valence-corrected chi connectivity index (χ4v) is 2.74. The van der Waals surface area contributed by atoms with E-state index in [4.69, 9.17) is 9.52 Å². The Morgan fingerprint density at radius 1 is 1.52 bits per heavy atom. The molecule has 2 N–H and O–H groups in total. The first-order chi connectivity index (χ1) is 9.99. The molecule has 2 rings (SSSR count). The molecule has 0 fully saturated rings. The zero-order valence-corrected chi connectivity index (χ0v) is 12.6. The minimum absolute atomic E-state index is 0.0985. The van der Waals surface area contributed by atoms with Gasteiger partial charge >= 0.3 is 5.97 Å². The SMILES string of the molecule is CCCc1cc(=O)[nH]c(SC(C)c2ccc(C(=O)O)o2)n1. The summed E-state index contributed by atoms with van der Waals surface area (Å²) in [6, 6.07) is 4.53. The summed E-state index contributed by atoms with van der Waals surface area (Å²) in [6.07, 6.45) is 1.66. The van der Waals surface area contributed by atoms with Gasteiger partial charge in [-0.25, -0.2) is 9.78 Å². The van der Waals surface area contributed by atoms with Gasteiger partial charge < -0.3 is 14.5 Å². The number of furan rings is 1. The van der Waals surface area contributed by atoms with Crippen molar-refractivity contribution in [2.45, 2.75) is 37.1 Å². The van der Waals surface area contributed by atoms with Crippen molar-refractivity contribution in [1.82, 2.24) is 9.97 Å². The summed E-state index contributed by atoms with van der Waals surface area (Å²) >= 11 is 1.32. The number of aromatic amines is 1. The first-order valence-corrected chi connectivity index (χ1v) is 7.47. The van der Waals surface area contributed by atoms with Crippen molar-refractivity contribution in [3.05, 3.63) is 45.8 Å². The summed E-state index contributed by atoms with van der Waals surface area (Å²) in [5.74, 6) is -0.672. The molecule has 0 spiro atoms. The van der Waals surface area contributed by atoms with Crippen LogP contribution in [-0.4, -0.2) is 21.0 Å². The summed E-state index contributed by atoms with van der Waals surface area (Å²) in [6.45, 7) is 3.89. The van der Waals surface area contributed by atoms with Crippen LogP contribution in [0.5, 0.6) is 0 Å². The largest absolute Gasteiger partial charge is 0.475 e. The van der Waals surface area contributed by atoms with E-state index in [0.717, 1.165) is 18.5 Å². The fourth-order valence-electron chi connectivity index (χ4n) is 1.84. The lowest BCUT2D eigenvalue weighted by Gasteiger charge is -2.08. The number of rotatable bonds is 6. The average Bonchev–Trinajstić information content (AvgIpc) is 2.88. The number of H-pyrrole nitrogens is 1. The van der Waals surface area contributed by atoms with Crippen molar-refractivity contribution in [3.8, 4) is 0 Å². The third-order valence-corrected chi connectivity index (χ3v) is 3.81. The maximum absolute atomic E-state index is 11.6. The summed E-state index contributed by atoms with van der Waals surface area (Å²) in [5.41, 5.74) is 0.565. The van der Waals surface area contributed by atoms with Crippen LogP contribution >= 0.6 is 11.8 Å². The second-order valence-electron chi connectivity index (χ2n) is 4.56. The van der Waals surface area contributed by atoms with Crippen LogP contribution in [0.3, 0.4) is 0 Å². The molecule has 0 amide bonds. The summed E-state index contributed by atoms with van der Waals surface area (Å²) in [5, 5.41) is 9.19. The number of carbonyl (C=O) groups is 1. The van der Waals surface area contributed by atoms with Crippen LogP contribution in [0.2, 0.25) is 0 Å². The molecule has 112 valence electrons. The highest BCUT2D eigenvalue weighted by molar-refractivity contribution is 7.99. The number of hydrogen-bond acceptors (Lipinski definition) is 5. The van der Waals surface area contributed by atoms with Crippen molar-refractivity contribution in [1.29, 1.82) is 0 Å². The van der Waals surface area contributed by atoms with Crippen LogP contribution in [0.25, 0.3) is 0 Å². The Kier molecular flexibility index (Phi) is 4.85. The van der Waals surface area contributed by atoms with Gasteiger partial charge in [-0.1, -0.05) is 25.1 Å². The van der Waals surface area contributed by atoms with Crippen LogP contribution in [0.15, 0.2) is 32.6 Å². The molecule has 2 aromatic heterocycles. The molecule has 1 atom stereocenters. The van der Waals surface area contributed by atoms with E-state index in [-0.39, 0.29) is 16.6 Å². The molecule has 2 aromatic rings. The monoisotopic (exact) mass is 308 g/mol. The Labute approximate surface area is 125 Å². The van der Waals surface area contributed by atoms with E-state index in [2.05, 4.69) is 9.97 Å². The van der Waals surface area contributed by atoms with E-state index in [1.807, 2.05) is 13.8 Å². The summed E-state index contributed by atoms with van der Waals surface area (Å²) in [4.78, 5) is 29.4. The lowest BCUT2D eigenvalue weighted by atomic mass is 10.2. The molecule has 0 saturated heterocycles. The molecule has 0 aliphatic carbocycles. The number of nitrogens with zero attached hydrogens (tertiary/aromatic N) is 1. The normalized spacial score (nSPS) is 12.3. The molecule has 0 radical (unpaired) electrons. The molecular formula is C14H16N2O4S. The predicted molar refractivity (Wildman–Crippen MR) is 78.8 cm³/mol. The average molecular weight is 308 g/mol. The number of aromatic nitrogens is 2. The van der Waals surface area contributed by atoms with Crippen molar-refractivity contribution < 1.29 is 14.3 Å². The smallest absolute Gasteiger partial charge is 0.371 e. The lowest BCUT2D eigenvalue weighted by Crippen LogP contribution is -2.10. The van der Waals surface area contributed by atoms with E-state index in [1.165, 1.54) is 23.9 Å². The molecule has 0 bridgehead atoms. The highest BCUT2D eigenvalue weighted by Gasteiger charge is 2.16. The van der Waals surface area contributed by atoms with Gasteiger partial charge in [0.15, 0.2) is 5.16 Å². The molecule has 2 heterocycles. The number of aryl methyl sites for hydroxylation is 1. The second kappa shape index (κ2) is 6.62. The van der Waals surface area contributed by atoms with Crippen LogP contribution in [-0.2, 0) is 6.42 Å². The molecule has 21 heavy (non-hydrogen) atoms. The van der Waals surface area contributed by atoms with Gasteiger partial charge in [0.1, 0.15) is 5.76 Å². The standard InChI is InChI=1S/C14H16N2O4S/c1-3-4-9-7-12(17)16-14(15-9)21-8(2)10-5-6-11(20-10)13(18)19/h5-8H,3-4H2,1-2H3,(H,18,19)(H,15,16,17). The van der Waals surface area contributed by atoms with Gasteiger partial charge in [-0.05, 0) is 25.5 Å². The Hall–Kier alpha value is -2.02. The predicted octanol–water partition coefficient (Wildman–Crippen LogP) is 2.87. The Morgan fingerprint density at radius 2 is 2.29 bits per heavy atom. The van der Waals surface area contributed by atoms with E-state index in [0.29, 0.717) is 10.9 Å². The van der Waals surface area contributed by atoms with E-state index >= 15 is 0 Å². The number of carboxylic acids is 1. The van der Waals surface area contributed by atoms with E-state index in [1.54, 1.807) is 6.07 Å². The van der Waals surface area contributed by atoms with Crippen LogP contribution in [0.4, 0.5) is 0 Å². The van der Waals surface area contributed by atoms with E-state index in [9.17, 15) is 9.59 Å². The summed E-state index contributed by atoms with van der Waals surface area (Å²) < 4.78 is 5.25. The first kappa shape index (κ1) is 15.4. The van der Waals surface area contributed by atoms with Gasteiger partial charge in [-0.15, -0.1) is 0 Å². The van der Waals surface area contributed by atoms with Gasteiger partial charge in [-0.2, -0.15) is 0 Å². The van der Waals surface area contributed by atoms with Crippen LogP contribution < -0.4 is 5.56 Å². The molecule has 0 aliphatic heterocycles. The van der Waals surface area contributed by atoms with Crippen LogP contribution in [0.1, 0.15) is 47.5 Å². The number of aromatic carboxylic acids is 1. The fraction of sp³-hybridized carbons (Fsp3) is 0.357. The van der Waals surface area contributed by atoms with Gasteiger partial charge in [0, 0.05) is 11.8 Å². The molecule has 0 aromatic carbocycles. The quantitative estimate of drug-likeness (QED) is 0.629. The molecule has 7 heteroatoms. The molecule has 1 unspecified atom stereocenters.